The molecule has 8 valence electrons. The number of hydrogen-bond acceptors (Lipinski definition) is 0. The van der Waals surface area contributed by atoms with Crippen LogP contribution in [0.4, 0.5) is 0 Å². The van der Waals surface area contributed by atoms with Crippen molar-refractivity contribution in [2.24, 2.45) is 0 Å². The average molecular weight is 3360 g/mol. The molecule has 0 N–H and O–H groups in total. The molecule has 0 saturated heterocycles. The van der Waals surface area contributed by atoms with Crippen molar-refractivity contribution in [2.45, 2.75) is 0 Å². The Morgan fingerprint density at radius 1 is 0.0541 bits per heavy atom. The van der Waals surface area contributed by atoms with Crippen LogP contribution in [0.5, 0.6) is 0 Å². The summed E-state index contributed by atoms with van der Waals surface area (Å²) in [7, 11) is 0. The summed E-state index contributed by atoms with van der Waals surface area (Å²) >= 11 is 0. The molecule has 0 saturated carbocycles. The van der Waals surface area contributed by atoms with E-state index in [1.165, 1.54) is 0 Å². The molecule has 0 aromatic carbocycles. The molecule has 0 rings (SSSR count). The molecule has 37 heteroatoms. The summed E-state index contributed by atoms with van der Waals surface area (Å²) in [6.07, 6.45) is 0. The van der Waals surface area contributed by atoms with Gasteiger partial charge in [-0.05, 0) is 0 Å². The molecule has 0 amide bonds. The van der Waals surface area contributed by atoms with E-state index in [1.807, 2.05) is 0 Å². The topological polar surface area (TPSA) is 28.5 Å². The van der Waals surface area contributed by atoms with Crippen LogP contribution in [0, 0.1) is 0 Å². The van der Waals surface area contributed by atoms with Crippen LogP contribution >= 0.6 is 0 Å². The first kappa shape index (κ1) is 352. The van der Waals surface area contributed by atoms with Crippen molar-refractivity contribution in [1.82, 2.24) is 0 Å². The first-order chi connectivity index (χ1) is 0. The summed E-state index contributed by atoms with van der Waals surface area (Å²) in [5, 5.41) is 0. The van der Waals surface area contributed by atoms with Gasteiger partial charge in [0.05, 0.1) is 0 Å². The molecule has 0 fully saturated rings. The van der Waals surface area contributed by atoms with Gasteiger partial charge in [-0.2, -0.15) is 0 Å². The van der Waals surface area contributed by atoms with Gasteiger partial charge in [0, 0.05) is 0 Å². The first-order valence-electron chi connectivity index (χ1n) is 0. The van der Waals surface area contributed by atoms with Crippen LogP contribution in [0.2, 0.25) is 0 Å². The maximum Gasteiger partial charge on any atom is 5.00 e. The van der Waals surface area contributed by atoms with Gasteiger partial charge >= 0.3 is 806 Å². The van der Waals surface area contributed by atoms with Crippen molar-refractivity contribution in [3.8, 4) is 0 Å². The van der Waals surface area contributed by atoms with Crippen LogP contribution < -0.4 is 0 Å². The van der Waals surface area contributed by atoms with E-state index in [0.717, 1.165) is 0 Å². The van der Waals surface area contributed by atoms with Crippen LogP contribution in [-0.4, -0.2) is 0 Å². The Kier molecular flexibility index (Phi) is 3190. The molecule has 0 heterocycles. The fourth-order valence-electron chi connectivity index (χ4n) is 0. The van der Waals surface area contributed by atoms with Gasteiger partial charge in [0.25, 0.3) is 0 Å². The monoisotopic (exact) mass is 3360 g/mol. The third kappa shape index (κ3) is 325. The van der Waals surface area contributed by atoms with Gasteiger partial charge in [-0.25, -0.2) is 0 Å². The Bertz CT molecular complexity index is 6.63. The van der Waals surface area contributed by atoms with Crippen molar-refractivity contribution < 1.29 is 811 Å². The van der Waals surface area contributed by atoms with Crippen LogP contribution in [0.15, 0.2) is 0 Å². The molecule has 0 bridgehead atoms. The van der Waals surface area contributed by atoms with E-state index in [1.54, 1.807) is 0 Å². The van der Waals surface area contributed by atoms with E-state index in [-0.39, 0.29) is 811 Å². The third-order valence-electron chi connectivity index (χ3n) is 0. The maximum atomic E-state index is 0. The SMILES string of the molecule is [Nb+5].[Nb+5].[Nb+5].[Nb+5].[Nb+5].[Nb+5].[Nb+5].[Nb+5].[Nb+5].[Nb+5].[Nb+5].[Nb+5].[Nb+5].[Nb+5].[Nb+5].[Nb+5].[Nb+5].[Nb+5].[Nb+5].[Nb+5].[Nb+5].[Nb+5].[Nb+5].[Nb+5].[Nb+5].[Nb+5].[Nb+5].[Nb+5].[Nb+5].[Nb+5].[Nb+5].[Nb+5].[Nb+5].[Nb+5].[Nb+5].[Nb+5].[O-2]. The minimum Gasteiger partial charge on any atom is -2.00 e. The second kappa shape index (κ2) is 336. The predicted molar refractivity (Wildman–Crippen MR) is 0.686 cm³/mol. The quantitative estimate of drug-likeness (QED) is 0.301. The molecule has 0 aliphatic rings. The smallest absolute Gasteiger partial charge is 2.00 e. The second-order valence-electron chi connectivity index (χ2n) is 0. The van der Waals surface area contributed by atoms with E-state index >= 15 is 0 Å². The van der Waals surface area contributed by atoms with E-state index in [9.17, 15) is 0 Å². The fraction of sp³-hybridized carbons (Fsp3) is 0. The van der Waals surface area contributed by atoms with Gasteiger partial charge in [-0.3, -0.25) is 0 Å². The molecule has 1 nitrogen and oxygen atoms in total. The zero-order chi connectivity index (χ0) is 0. The third-order valence-corrected chi connectivity index (χ3v) is 0. The normalized spacial score (nSPS) is 0. The first-order valence-corrected chi connectivity index (χ1v) is 0. The van der Waals surface area contributed by atoms with Crippen molar-refractivity contribution in [1.29, 1.82) is 0 Å². The van der Waals surface area contributed by atoms with Crippen molar-refractivity contribution >= 4 is 0 Å². The molecule has 0 aromatic rings. The largest absolute Gasteiger partial charge is 5.00 e. The van der Waals surface area contributed by atoms with Gasteiger partial charge in [0.2, 0.25) is 0 Å². The molecule has 0 unspecified atom stereocenters. The minimum absolute atomic E-state index is 0. The standard InChI is InChI=1S/36Nb.O/q36*+5;-2. The Morgan fingerprint density at radius 3 is 0.0541 bits per heavy atom. The van der Waals surface area contributed by atoms with E-state index in [0.29, 0.717) is 0 Å². The Balaban J connectivity index is 0. The van der Waals surface area contributed by atoms with Crippen LogP contribution in [-0.2, 0) is 811 Å². The average Bonchev–Trinajstić information content (AvgIpc) is 0. The van der Waals surface area contributed by atoms with E-state index < -0.39 is 0 Å². The van der Waals surface area contributed by atoms with Crippen molar-refractivity contribution in [3.05, 3.63) is 0 Å². The Hall–Kier alpha value is 26.6. The molecule has 37 heavy (non-hydrogen) atoms. The molecular formula is Nb36O+178. The molecule has 0 aliphatic heterocycles. The summed E-state index contributed by atoms with van der Waals surface area (Å²) in [4.78, 5) is 0. The fourth-order valence-corrected chi connectivity index (χ4v) is 0. The van der Waals surface area contributed by atoms with Crippen molar-refractivity contribution in [2.75, 3.05) is 0 Å². The summed E-state index contributed by atoms with van der Waals surface area (Å²) < 4.78 is 0. The molecule has 0 spiro atoms. The second-order valence-corrected chi connectivity index (χ2v) is 0. The van der Waals surface area contributed by atoms with Gasteiger partial charge < -0.3 is 5.48 Å². The van der Waals surface area contributed by atoms with E-state index in [4.69, 9.17) is 0 Å². The maximum absolute atomic E-state index is 0. The molecular weight excluding hydrogens is 3360 g/mol. The van der Waals surface area contributed by atoms with E-state index in [2.05, 4.69) is 0 Å². The van der Waals surface area contributed by atoms with Crippen molar-refractivity contribution in [3.63, 3.8) is 0 Å². The Morgan fingerprint density at radius 2 is 0.0541 bits per heavy atom. The molecule has 0 aliphatic carbocycles. The van der Waals surface area contributed by atoms with Crippen LogP contribution in [0.1, 0.15) is 0 Å². The number of rotatable bonds is 0. The number of hydrogen-bond donors (Lipinski definition) is 0. The molecule has 0 aromatic heterocycles. The summed E-state index contributed by atoms with van der Waals surface area (Å²) in [6, 6.07) is 0. The minimum atomic E-state index is 0. The van der Waals surface area contributed by atoms with Gasteiger partial charge in [-0.1, -0.05) is 0 Å². The van der Waals surface area contributed by atoms with Gasteiger partial charge in [0.1, 0.15) is 0 Å². The van der Waals surface area contributed by atoms with Crippen LogP contribution in [0.3, 0.4) is 0 Å². The van der Waals surface area contributed by atoms with Crippen LogP contribution in [0.25, 0.3) is 0 Å². The molecule has 0 atom stereocenters. The molecule has 0 radical (unpaired) electrons. The zero-order valence-electron chi connectivity index (χ0n) is 16.5. The summed E-state index contributed by atoms with van der Waals surface area (Å²) in [5.41, 5.74) is 0. The van der Waals surface area contributed by atoms with Gasteiger partial charge in [-0.15, -0.1) is 0 Å². The summed E-state index contributed by atoms with van der Waals surface area (Å²) in [6.45, 7) is 0. The Labute approximate surface area is 786 Å². The van der Waals surface area contributed by atoms with Gasteiger partial charge in [0.15, 0.2) is 0 Å². The zero-order valence-corrected chi connectivity index (χ0v) is 95.7. The predicted octanol–water partition coefficient (Wildman–Crippen LogP) is -0.209. The summed E-state index contributed by atoms with van der Waals surface area (Å²) in [5.74, 6) is 0.